The second kappa shape index (κ2) is 17.6. The van der Waals surface area contributed by atoms with Gasteiger partial charge in [0.05, 0.1) is 34.3 Å². The van der Waals surface area contributed by atoms with Gasteiger partial charge in [-0.1, -0.05) is 54.6 Å². The maximum atomic E-state index is 14.6. The SMILES string of the molecule is COc1cc(/C=C(/CC[C@H]2OB(O)C[C@H]3C2=C(COc2ccccc2)C[C@H]2C(=O)N(C4CCN(Cc5ccccc5)CC4)C(=O)[C@H]23)c2ccccn2)cc(I)c1O. The minimum Gasteiger partial charge on any atom is -0.504 e. The number of carbonyl (C=O) groups excluding carboxylic acids is 2. The Morgan fingerprint density at radius 1 is 0.982 bits per heavy atom. The number of nitrogens with zero attached hydrogens (tertiary/aromatic N) is 3. The minimum absolute atomic E-state index is 0.0880. The van der Waals surface area contributed by atoms with E-state index in [9.17, 15) is 19.7 Å². The highest BCUT2D eigenvalue weighted by Crippen LogP contribution is 2.51. The fraction of sp³-hybridized carbons (Fsp3) is 0.356. The van der Waals surface area contributed by atoms with Crippen molar-refractivity contribution in [1.29, 1.82) is 0 Å². The summed E-state index contributed by atoms with van der Waals surface area (Å²) in [7, 11) is 0.432. The first kappa shape index (κ1) is 39.3. The van der Waals surface area contributed by atoms with Crippen LogP contribution in [0.15, 0.2) is 108 Å². The van der Waals surface area contributed by atoms with Gasteiger partial charge in [0.15, 0.2) is 11.5 Å². The van der Waals surface area contributed by atoms with Crippen molar-refractivity contribution < 1.29 is 33.8 Å². The van der Waals surface area contributed by atoms with Crippen LogP contribution >= 0.6 is 22.6 Å². The average Bonchev–Trinajstić information content (AvgIpc) is 3.49. The van der Waals surface area contributed by atoms with Crippen molar-refractivity contribution in [1.82, 2.24) is 14.8 Å². The fourth-order valence-electron chi connectivity index (χ4n) is 9.29. The highest BCUT2D eigenvalue weighted by Gasteiger charge is 2.58. The van der Waals surface area contributed by atoms with E-state index in [2.05, 4.69) is 56.7 Å². The normalized spacial score (nSPS) is 23.1. The highest BCUT2D eigenvalue weighted by atomic mass is 127. The number of rotatable bonds is 12. The van der Waals surface area contributed by atoms with Crippen molar-refractivity contribution in [2.75, 3.05) is 26.8 Å². The molecule has 4 atom stereocenters. The maximum Gasteiger partial charge on any atom is 0.455 e. The summed E-state index contributed by atoms with van der Waals surface area (Å²) in [6, 6.07) is 29.3. The lowest BCUT2D eigenvalue weighted by Crippen LogP contribution is -2.48. The van der Waals surface area contributed by atoms with Crippen molar-refractivity contribution in [2.45, 2.75) is 57.1 Å². The van der Waals surface area contributed by atoms with Crippen LogP contribution in [0, 0.1) is 21.3 Å². The van der Waals surface area contributed by atoms with Crippen LogP contribution in [0.1, 0.15) is 48.9 Å². The van der Waals surface area contributed by atoms with E-state index in [1.807, 2.05) is 66.7 Å². The van der Waals surface area contributed by atoms with Gasteiger partial charge in [-0.15, -0.1) is 0 Å². The number of para-hydroxylation sites is 1. The largest absolute Gasteiger partial charge is 0.504 e. The molecule has 4 aliphatic rings. The summed E-state index contributed by atoms with van der Waals surface area (Å²) in [5.41, 5.74) is 5.76. The van der Waals surface area contributed by atoms with Crippen molar-refractivity contribution in [3.8, 4) is 17.2 Å². The molecule has 3 fully saturated rings. The molecule has 2 amide bonds. The standard InChI is InChI=1S/C45H47BIN3O7/c1-55-40-24-30(23-37(47)43(40)51)22-31(38-14-8-9-19-48-38)15-16-39-41-32(28-56-34-12-6-3-7-13-34)25-35-42(36(41)26-46(54)57-39)45(53)50(44(35)52)33-17-20-49(21-18-33)27-29-10-4-2-5-11-29/h2-14,19,22-24,33,35-36,39,42,51,54H,15-18,20-21,25-28H2,1H3/b31-22-/t35-,36+,39-,42-/m1/s1. The zero-order chi connectivity index (χ0) is 39.5. The van der Waals surface area contributed by atoms with E-state index in [4.69, 9.17) is 14.1 Å². The first-order valence-corrected chi connectivity index (χ1v) is 20.9. The number of aromatic nitrogens is 1. The number of aromatic hydroxyl groups is 1. The number of carbonyl (C=O) groups is 2. The molecular weight excluding hydrogens is 832 g/mol. The number of piperidine rings is 1. The molecule has 8 rings (SSSR count). The van der Waals surface area contributed by atoms with Gasteiger partial charge in [-0.3, -0.25) is 24.4 Å². The molecule has 0 spiro atoms. The maximum absolute atomic E-state index is 14.6. The fourth-order valence-corrected chi connectivity index (χ4v) is 9.92. The number of ether oxygens (including phenoxy) is 2. The smallest absolute Gasteiger partial charge is 0.455 e. The highest BCUT2D eigenvalue weighted by molar-refractivity contribution is 14.1. The minimum atomic E-state index is -1.10. The monoisotopic (exact) mass is 879 g/mol. The number of hydrogen-bond acceptors (Lipinski definition) is 9. The number of hydrogen-bond donors (Lipinski definition) is 2. The molecule has 0 bridgehead atoms. The molecule has 4 heterocycles. The molecule has 2 N–H and O–H groups in total. The number of phenolic OH excluding ortho intramolecular Hbond substituents is 1. The predicted octanol–water partition coefficient (Wildman–Crippen LogP) is 7.26. The Bertz CT molecular complexity index is 2130. The molecule has 294 valence electrons. The number of allylic oxidation sites excluding steroid dienone is 1. The van der Waals surface area contributed by atoms with Crippen molar-refractivity contribution in [3.05, 3.63) is 129 Å². The summed E-state index contributed by atoms with van der Waals surface area (Å²) in [6.45, 7) is 2.72. The number of halogens is 1. The molecule has 10 nitrogen and oxygen atoms in total. The zero-order valence-electron chi connectivity index (χ0n) is 32.0. The molecular formula is C45H47BIN3O7. The zero-order valence-corrected chi connectivity index (χ0v) is 34.2. The van der Waals surface area contributed by atoms with E-state index in [-0.39, 0.29) is 42.5 Å². The number of fused-ring (bicyclic) bond motifs is 3. The number of likely N-dealkylation sites (tertiary alicyclic amines) is 2. The van der Waals surface area contributed by atoms with Gasteiger partial charge in [0.1, 0.15) is 12.4 Å². The average molecular weight is 880 g/mol. The molecule has 0 unspecified atom stereocenters. The molecule has 0 saturated carbocycles. The van der Waals surface area contributed by atoms with Gasteiger partial charge in [-0.2, -0.15) is 0 Å². The Morgan fingerprint density at radius 3 is 2.44 bits per heavy atom. The van der Waals surface area contributed by atoms with Crippen molar-refractivity contribution in [3.63, 3.8) is 0 Å². The number of pyridine rings is 1. The number of benzene rings is 3. The lowest BCUT2D eigenvalue weighted by molar-refractivity contribution is -0.144. The first-order chi connectivity index (χ1) is 27.8. The molecule has 1 aromatic heterocycles. The molecule has 3 saturated heterocycles. The van der Waals surface area contributed by atoms with Crippen LogP contribution < -0.4 is 9.47 Å². The van der Waals surface area contributed by atoms with Crippen LogP contribution in [0.5, 0.6) is 17.2 Å². The van der Waals surface area contributed by atoms with Crippen LogP contribution in [0.3, 0.4) is 0 Å². The summed E-state index contributed by atoms with van der Waals surface area (Å²) < 4.78 is 18.8. The number of imide groups is 1. The molecule has 3 aromatic carbocycles. The number of methoxy groups -OCH3 is 1. The Labute approximate surface area is 347 Å². The summed E-state index contributed by atoms with van der Waals surface area (Å²) in [6.07, 6.45) is 6.42. The van der Waals surface area contributed by atoms with E-state index in [0.29, 0.717) is 28.6 Å². The molecule has 57 heavy (non-hydrogen) atoms. The summed E-state index contributed by atoms with van der Waals surface area (Å²) in [5.74, 6) is -0.466. The van der Waals surface area contributed by atoms with Gasteiger partial charge in [0.2, 0.25) is 11.8 Å². The second-order valence-electron chi connectivity index (χ2n) is 15.4. The third-order valence-electron chi connectivity index (χ3n) is 12.0. The third kappa shape index (κ3) is 8.55. The van der Waals surface area contributed by atoms with Crippen LogP contribution in [0.25, 0.3) is 11.6 Å². The topological polar surface area (TPSA) is 122 Å². The second-order valence-corrected chi connectivity index (χ2v) is 16.6. The van der Waals surface area contributed by atoms with Crippen molar-refractivity contribution in [2.24, 2.45) is 17.8 Å². The lowest BCUT2D eigenvalue weighted by atomic mass is 9.58. The predicted molar refractivity (Wildman–Crippen MR) is 227 cm³/mol. The number of amides is 2. The molecule has 0 radical (unpaired) electrons. The summed E-state index contributed by atoms with van der Waals surface area (Å²) in [5, 5.41) is 21.8. The van der Waals surface area contributed by atoms with Crippen LogP contribution in [0.4, 0.5) is 0 Å². The molecule has 3 aliphatic heterocycles. The van der Waals surface area contributed by atoms with E-state index in [0.717, 1.165) is 66.2 Å². The third-order valence-corrected chi connectivity index (χ3v) is 12.8. The Kier molecular flexibility index (Phi) is 12.1. The Balaban J connectivity index is 1.07. The Morgan fingerprint density at radius 2 is 1.72 bits per heavy atom. The van der Waals surface area contributed by atoms with Gasteiger partial charge in [-0.25, -0.2) is 0 Å². The van der Waals surface area contributed by atoms with Gasteiger partial charge < -0.3 is 24.3 Å². The molecule has 4 aromatic rings. The molecule has 1 aliphatic carbocycles. The van der Waals surface area contributed by atoms with Gasteiger partial charge in [0.25, 0.3) is 0 Å². The van der Waals surface area contributed by atoms with E-state index in [1.54, 1.807) is 17.2 Å². The van der Waals surface area contributed by atoms with E-state index >= 15 is 0 Å². The van der Waals surface area contributed by atoms with Crippen molar-refractivity contribution >= 4 is 53.2 Å². The van der Waals surface area contributed by atoms with Crippen LogP contribution in [-0.4, -0.2) is 82.8 Å². The lowest BCUT2D eigenvalue weighted by Gasteiger charge is -2.43. The van der Waals surface area contributed by atoms with E-state index < -0.39 is 25.1 Å². The first-order valence-electron chi connectivity index (χ1n) is 19.8. The van der Waals surface area contributed by atoms with Crippen LogP contribution in [-0.2, 0) is 20.8 Å². The van der Waals surface area contributed by atoms with E-state index in [1.165, 1.54) is 12.7 Å². The van der Waals surface area contributed by atoms with Gasteiger partial charge >= 0.3 is 7.12 Å². The number of phenols is 1. The Hall–Kier alpha value is -4.50. The molecule has 12 heteroatoms. The summed E-state index contributed by atoms with van der Waals surface area (Å²) >= 11 is 2.09. The van der Waals surface area contributed by atoms with Gasteiger partial charge in [0, 0.05) is 31.9 Å². The summed E-state index contributed by atoms with van der Waals surface area (Å²) in [4.78, 5) is 37.7. The quantitative estimate of drug-likeness (QED) is 0.0656. The van der Waals surface area contributed by atoms with Crippen LogP contribution in [0.2, 0.25) is 6.32 Å². The van der Waals surface area contributed by atoms with Gasteiger partial charge in [-0.05, 0) is 137 Å².